The Morgan fingerprint density at radius 1 is 1.18 bits per heavy atom. The lowest BCUT2D eigenvalue weighted by molar-refractivity contribution is 0.102. The zero-order chi connectivity index (χ0) is 15.7. The summed E-state index contributed by atoms with van der Waals surface area (Å²) in [5.41, 5.74) is 2.26. The quantitative estimate of drug-likeness (QED) is 0.799. The van der Waals surface area contributed by atoms with Crippen LogP contribution in [0.3, 0.4) is 0 Å². The summed E-state index contributed by atoms with van der Waals surface area (Å²) in [4.78, 5) is 20.7. The first-order valence-electron chi connectivity index (χ1n) is 6.73. The number of ether oxygens (including phenoxy) is 1. The van der Waals surface area contributed by atoms with E-state index in [1.165, 1.54) is 0 Å². The molecule has 3 rings (SSSR count). The second-order valence-electron chi connectivity index (χ2n) is 4.87. The molecule has 1 amide bonds. The maximum atomic E-state index is 12.2. The Balaban J connectivity index is 1.85. The molecule has 0 spiro atoms. The van der Waals surface area contributed by atoms with Gasteiger partial charge in [-0.15, -0.1) is 5.10 Å². The molecule has 0 atom stereocenters. The predicted molar refractivity (Wildman–Crippen MR) is 81.2 cm³/mol. The van der Waals surface area contributed by atoms with Crippen molar-refractivity contribution >= 4 is 17.6 Å². The maximum absolute atomic E-state index is 12.2. The van der Waals surface area contributed by atoms with E-state index in [9.17, 15) is 4.79 Å². The van der Waals surface area contributed by atoms with E-state index in [4.69, 9.17) is 4.74 Å². The zero-order valence-corrected chi connectivity index (χ0v) is 12.5. The van der Waals surface area contributed by atoms with E-state index >= 15 is 0 Å². The first-order valence-corrected chi connectivity index (χ1v) is 6.73. The molecule has 22 heavy (non-hydrogen) atoms. The van der Waals surface area contributed by atoms with Gasteiger partial charge in [0.1, 0.15) is 5.75 Å². The minimum Gasteiger partial charge on any atom is -0.497 e. The van der Waals surface area contributed by atoms with Crippen LogP contribution in [0.5, 0.6) is 5.75 Å². The fourth-order valence-electron chi connectivity index (χ4n) is 2.14. The number of aryl methyl sites for hydroxylation is 2. The smallest absolute Gasteiger partial charge is 0.258 e. The number of carbonyl (C=O) groups is 1. The van der Waals surface area contributed by atoms with Crippen molar-refractivity contribution in [3.63, 3.8) is 0 Å². The fourth-order valence-corrected chi connectivity index (χ4v) is 2.14. The normalized spacial score (nSPS) is 10.7. The van der Waals surface area contributed by atoms with Crippen molar-refractivity contribution in [2.75, 3.05) is 12.4 Å². The lowest BCUT2D eigenvalue weighted by atomic mass is 10.2. The summed E-state index contributed by atoms with van der Waals surface area (Å²) >= 11 is 0. The van der Waals surface area contributed by atoms with Gasteiger partial charge in [0.15, 0.2) is 0 Å². The van der Waals surface area contributed by atoms with E-state index in [-0.39, 0.29) is 11.9 Å². The molecule has 1 N–H and O–H groups in total. The number of rotatable bonds is 3. The number of aromatic nitrogens is 4. The monoisotopic (exact) mass is 297 g/mol. The van der Waals surface area contributed by atoms with E-state index in [1.807, 2.05) is 19.9 Å². The molecule has 7 heteroatoms. The third-order valence-corrected chi connectivity index (χ3v) is 3.20. The summed E-state index contributed by atoms with van der Waals surface area (Å²) < 4.78 is 6.66. The third-order valence-electron chi connectivity index (χ3n) is 3.20. The molecule has 0 saturated heterocycles. The van der Waals surface area contributed by atoms with Gasteiger partial charge in [0, 0.05) is 17.0 Å². The maximum Gasteiger partial charge on any atom is 0.258 e. The molecule has 112 valence electrons. The molecule has 0 saturated carbocycles. The highest BCUT2D eigenvalue weighted by Gasteiger charge is 2.12. The average Bonchev–Trinajstić information content (AvgIpc) is 2.90. The van der Waals surface area contributed by atoms with Gasteiger partial charge in [-0.1, -0.05) is 0 Å². The highest BCUT2D eigenvalue weighted by atomic mass is 16.5. The van der Waals surface area contributed by atoms with Gasteiger partial charge < -0.3 is 4.74 Å². The Morgan fingerprint density at radius 3 is 2.59 bits per heavy atom. The SMILES string of the molecule is COc1ccc(C(=O)Nc2nc3nc(C)cc(C)n3n2)cc1. The van der Waals surface area contributed by atoms with Gasteiger partial charge in [0.05, 0.1) is 7.11 Å². The first kappa shape index (κ1) is 14.0. The van der Waals surface area contributed by atoms with Crippen LogP contribution in [0.2, 0.25) is 0 Å². The summed E-state index contributed by atoms with van der Waals surface area (Å²) in [5.74, 6) is 1.09. The topological polar surface area (TPSA) is 81.4 Å². The predicted octanol–water partition coefficient (Wildman–Crippen LogP) is 2.00. The highest BCUT2D eigenvalue weighted by molar-refractivity contribution is 6.03. The molecule has 1 aromatic carbocycles. The lowest BCUT2D eigenvalue weighted by Crippen LogP contribution is -2.13. The van der Waals surface area contributed by atoms with Crippen molar-refractivity contribution < 1.29 is 9.53 Å². The number of hydrogen-bond donors (Lipinski definition) is 1. The summed E-state index contributed by atoms with van der Waals surface area (Å²) in [6.45, 7) is 3.79. The Bertz CT molecular complexity index is 839. The molecular formula is C15H15N5O2. The van der Waals surface area contributed by atoms with Crippen molar-refractivity contribution in [1.82, 2.24) is 19.6 Å². The van der Waals surface area contributed by atoms with Gasteiger partial charge in [0.2, 0.25) is 0 Å². The zero-order valence-electron chi connectivity index (χ0n) is 12.5. The number of hydrogen-bond acceptors (Lipinski definition) is 5. The van der Waals surface area contributed by atoms with E-state index < -0.39 is 0 Å². The lowest BCUT2D eigenvalue weighted by Gasteiger charge is -2.02. The molecule has 0 unspecified atom stereocenters. The molecule has 0 aliphatic rings. The van der Waals surface area contributed by atoms with E-state index in [2.05, 4.69) is 20.4 Å². The first-order chi connectivity index (χ1) is 10.6. The number of benzene rings is 1. The van der Waals surface area contributed by atoms with Gasteiger partial charge >= 0.3 is 0 Å². The molecule has 0 aliphatic carbocycles. The van der Waals surface area contributed by atoms with Crippen LogP contribution < -0.4 is 10.1 Å². The third kappa shape index (κ3) is 2.60. The summed E-state index contributed by atoms with van der Waals surface area (Å²) in [7, 11) is 1.58. The van der Waals surface area contributed by atoms with Gasteiger partial charge in [-0.2, -0.15) is 9.50 Å². The van der Waals surface area contributed by atoms with Crippen LogP contribution in [0, 0.1) is 13.8 Å². The van der Waals surface area contributed by atoms with Crippen LogP contribution in [0.1, 0.15) is 21.7 Å². The Morgan fingerprint density at radius 2 is 1.91 bits per heavy atom. The molecule has 0 fully saturated rings. The molecule has 2 heterocycles. The largest absolute Gasteiger partial charge is 0.497 e. The van der Waals surface area contributed by atoms with Gasteiger partial charge in [-0.05, 0) is 44.2 Å². The second-order valence-corrected chi connectivity index (χ2v) is 4.87. The van der Waals surface area contributed by atoms with Crippen molar-refractivity contribution in [3.8, 4) is 5.75 Å². The number of methoxy groups -OCH3 is 1. The van der Waals surface area contributed by atoms with Gasteiger partial charge in [-0.3, -0.25) is 10.1 Å². The number of amides is 1. The Labute approximate surface area is 127 Å². The number of anilines is 1. The summed E-state index contributed by atoms with van der Waals surface area (Å²) in [6.07, 6.45) is 0. The minimum atomic E-state index is -0.284. The highest BCUT2D eigenvalue weighted by Crippen LogP contribution is 2.13. The van der Waals surface area contributed by atoms with Crippen LogP contribution in [0.25, 0.3) is 5.78 Å². The van der Waals surface area contributed by atoms with E-state index in [1.54, 1.807) is 35.9 Å². The molecule has 0 radical (unpaired) electrons. The second kappa shape index (κ2) is 5.44. The van der Waals surface area contributed by atoms with Crippen LogP contribution in [-0.2, 0) is 0 Å². The number of carbonyl (C=O) groups excluding carboxylic acids is 1. The van der Waals surface area contributed by atoms with Gasteiger partial charge in [-0.25, -0.2) is 4.98 Å². The molecule has 0 aliphatic heterocycles. The van der Waals surface area contributed by atoms with Crippen molar-refractivity contribution in [3.05, 3.63) is 47.3 Å². The molecule has 7 nitrogen and oxygen atoms in total. The van der Waals surface area contributed by atoms with E-state index in [0.29, 0.717) is 17.1 Å². The number of fused-ring (bicyclic) bond motifs is 1. The molecule has 3 aromatic rings. The fraction of sp³-hybridized carbons (Fsp3) is 0.200. The Hall–Kier alpha value is -2.96. The molecule has 0 bridgehead atoms. The van der Waals surface area contributed by atoms with Crippen molar-refractivity contribution in [2.45, 2.75) is 13.8 Å². The minimum absolute atomic E-state index is 0.224. The van der Waals surface area contributed by atoms with E-state index in [0.717, 1.165) is 11.4 Å². The summed E-state index contributed by atoms with van der Waals surface area (Å²) in [5, 5.41) is 6.91. The van der Waals surface area contributed by atoms with Crippen LogP contribution in [0.15, 0.2) is 30.3 Å². The standard InChI is InChI=1S/C15H15N5O2/c1-9-8-10(2)20-15(16-9)18-14(19-20)17-13(21)11-4-6-12(22-3)7-5-11/h4-8H,1-3H3,(H,17,19,21). The van der Waals surface area contributed by atoms with Crippen LogP contribution in [-0.4, -0.2) is 32.6 Å². The Kier molecular flexibility index (Phi) is 3.46. The molecular weight excluding hydrogens is 282 g/mol. The van der Waals surface area contributed by atoms with Crippen LogP contribution >= 0.6 is 0 Å². The van der Waals surface area contributed by atoms with Crippen molar-refractivity contribution in [2.24, 2.45) is 0 Å². The van der Waals surface area contributed by atoms with Crippen LogP contribution in [0.4, 0.5) is 5.95 Å². The average molecular weight is 297 g/mol. The van der Waals surface area contributed by atoms with Crippen molar-refractivity contribution in [1.29, 1.82) is 0 Å². The number of nitrogens with one attached hydrogen (secondary N) is 1. The number of nitrogens with zero attached hydrogens (tertiary/aromatic N) is 4. The van der Waals surface area contributed by atoms with Gasteiger partial charge in [0.25, 0.3) is 17.6 Å². The summed E-state index contributed by atoms with van der Waals surface area (Å²) in [6, 6.07) is 8.70. The molecule has 2 aromatic heterocycles.